The molecule has 0 bridgehead atoms. The van der Waals surface area contributed by atoms with Gasteiger partial charge in [-0.25, -0.2) is 9.78 Å². The van der Waals surface area contributed by atoms with Crippen LogP contribution in [0.4, 0.5) is 0 Å². The normalized spacial score (nSPS) is 11.8. The third-order valence-corrected chi connectivity index (χ3v) is 2.81. The van der Waals surface area contributed by atoms with Gasteiger partial charge < -0.3 is 15.5 Å². The van der Waals surface area contributed by atoms with E-state index >= 15 is 0 Å². The molecular weight excluding hydrogens is 276 g/mol. The van der Waals surface area contributed by atoms with Crippen molar-refractivity contribution in [3.8, 4) is 0 Å². The summed E-state index contributed by atoms with van der Waals surface area (Å²) in [5.74, 6) is -3.45. The second kappa shape index (κ2) is 6.00. The van der Waals surface area contributed by atoms with Crippen LogP contribution in [-0.2, 0) is 9.59 Å². The van der Waals surface area contributed by atoms with Gasteiger partial charge in [0.15, 0.2) is 0 Å². The lowest BCUT2D eigenvalue weighted by Gasteiger charge is -2.12. The fraction of sp³-hybridized carbons (Fsp3) is 0.143. The first-order valence-electron chi connectivity index (χ1n) is 6.08. The highest BCUT2D eigenvalue weighted by molar-refractivity contribution is 5.97. The van der Waals surface area contributed by atoms with Crippen molar-refractivity contribution < 1.29 is 24.6 Å². The maximum atomic E-state index is 12.0. The topological polar surface area (TPSA) is 117 Å². The Kier molecular flexibility index (Phi) is 4.13. The van der Waals surface area contributed by atoms with Gasteiger partial charge in [0, 0.05) is 5.39 Å². The molecule has 0 fully saturated rings. The van der Waals surface area contributed by atoms with Crippen molar-refractivity contribution in [3.63, 3.8) is 0 Å². The van der Waals surface area contributed by atoms with E-state index in [1.54, 1.807) is 18.2 Å². The predicted octanol–water partition coefficient (Wildman–Crippen LogP) is 0.892. The minimum atomic E-state index is -1.50. The van der Waals surface area contributed by atoms with E-state index in [2.05, 4.69) is 10.3 Å². The number of pyridine rings is 1. The van der Waals surface area contributed by atoms with Crippen molar-refractivity contribution in [2.45, 2.75) is 12.5 Å². The molecule has 0 aliphatic rings. The van der Waals surface area contributed by atoms with Crippen LogP contribution in [-0.4, -0.2) is 39.1 Å². The van der Waals surface area contributed by atoms with E-state index in [0.29, 0.717) is 5.52 Å². The van der Waals surface area contributed by atoms with Crippen LogP contribution in [0.2, 0.25) is 0 Å². The van der Waals surface area contributed by atoms with Crippen molar-refractivity contribution in [3.05, 3.63) is 42.1 Å². The third-order valence-electron chi connectivity index (χ3n) is 2.81. The lowest BCUT2D eigenvalue weighted by molar-refractivity contribution is -0.145. The van der Waals surface area contributed by atoms with Crippen LogP contribution in [0.1, 0.15) is 16.9 Å². The number of fused-ring (bicyclic) bond motifs is 1. The molecule has 1 aromatic carbocycles. The van der Waals surface area contributed by atoms with Gasteiger partial charge in [-0.05, 0) is 12.1 Å². The number of benzene rings is 1. The molecule has 0 radical (unpaired) electrons. The molecule has 3 N–H and O–H groups in total. The Hall–Kier alpha value is -2.96. The number of rotatable bonds is 5. The molecule has 1 atom stereocenters. The second-order valence-electron chi connectivity index (χ2n) is 4.35. The van der Waals surface area contributed by atoms with Gasteiger partial charge in [0.2, 0.25) is 0 Å². The number of carboxylic acid groups (broad SMARTS) is 2. The van der Waals surface area contributed by atoms with Gasteiger partial charge >= 0.3 is 11.9 Å². The summed E-state index contributed by atoms with van der Waals surface area (Å²) in [4.78, 5) is 37.6. The first-order valence-corrected chi connectivity index (χ1v) is 6.08. The Morgan fingerprint density at radius 1 is 1.10 bits per heavy atom. The molecule has 21 heavy (non-hydrogen) atoms. The first-order chi connectivity index (χ1) is 9.97. The molecule has 7 heteroatoms. The standard InChI is InChI=1S/C14H12N2O5/c17-12(18)7-11(14(20)21)16-13(19)10-6-5-8-3-1-2-4-9(8)15-10/h1-6,11H,7H2,(H,16,19)(H,17,18)(H,20,21)/t11-/m1/s1. The third kappa shape index (κ3) is 3.53. The first kappa shape index (κ1) is 14.4. The van der Waals surface area contributed by atoms with Gasteiger partial charge in [0.05, 0.1) is 11.9 Å². The highest BCUT2D eigenvalue weighted by atomic mass is 16.4. The Labute approximate surface area is 119 Å². The number of hydrogen-bond acceptors (Lipinski definition) is 4. The molecule has 0 saturated carbocycles. The molecule has 0 aliphatic heterocycles. The van der Waals surface area contributed by atoms with E-state index in [1.165, 1.54) is 6.07 Å². The number of carbonyl (C=O) groups excluding carboxylic acids is 1. The molecule has 108 valence electrons. The predicted molar refractivity (Wildman–Crippen MR) is 72.9 cm³/mol. The lowest BCUT2D eigenvalue weighted by Crippen LogP contribution is -2.42. The van der Waals surface area contributed by atoms with Crippen molar-refractivity contribution in [2.75, 3.05) is 0 Å². The van der Waals surface area contributed by atoms with Gasteiger partial charge in [0.1, 0.15) is 11.7 Å². The molecule has 0 spiro atoms. The summed E-state index contributed by atoms with van der Waals surface area (Å²) in [6.45, 7) is 0. The van der Waals surface area contributed by atoms with E-state index < -0.39 is 30.3 Å². The zero-order chi connectivity index (χ0) is 15.4. The molecule has 7 nitrogen and oxygen atoms in total. The molecular formula is C14H12N2O5. The minimum Gasteiger partial charge on any atom is -0.481 e. The van der Waals surface area contributed by atoms with E-state index in [4.69, 9.17) is 10.2 Å². The summed E-state index contributed by atoms with van der Waals surface area (Å²) in [6.07, 6.45) is -0.700. The van der Waals surface area contributed by atoms with E-state index in [0.717, 1.165) is 5.39 Å². The summed E-state index contributed by atoms with van der Waals surface area (Å²) in [5, 5.41) is 20.5. The largest absolute Gasteiger partial charge is 0.481 e. The molecule has 1 heterocycles. The fourth-order valence-corrected chi connectivity index (χ4v) is 1.80. The quantitative estimate of drug-likeness (QED) is 0.752. The number of nitrogens with zero attached hydrogens (tertiary/aromatic N) is 1. The van der Waals surface area contributed by atoms with Crippen LogP contribution < -0.4 is 5.32 Å². The number of aliphatic carboxylic acids is 2. The number of amides is 1. The van der Waals surface area contributed by atoms with E-state index in [-0.39, 0.29) is 5.69 Å². The Morgan fingerprint density at radius 2 is 1.81 bits per heavy atom. The van der Waals surface area contributed by atoms with E-state index in [1.807, 2.05) is 12.1 Å². The molecule has 0 unspecified atom stereocenters. The van der Waals surface area contributed by atoms with E-state index in [9.17, 15) is 14.4 Å². The molecule has 2 aromatic rings. The second-order valence-corrected chi connectivity index (χ2v) is 4.35. The monoisotopic (exact) mass is 288 g/mol. The number of carboxylic acids is 2. The van der Waals surface area contributed by atoms with Crippen molar-refractivity contribution in [1.29, 1.82) is 0 Å². The smallest absolute Gasteiger partial charge is 0.326 e. The van der Waals surface area contributed by atoms with Crippen LogP contribution in [0.3, 0.4) is 0 Å². The number of carbonyl (C=O) groups is 3. The molecule has 1 amide bonds. The average molecular weight is 288 g/mol. The highest BCUT2D eigenvalue weighted by Gasteiger charge is 2.24. The average Bonchev–Trinajstić information content (AvgIpc) is 2.45. The minimum absolute atomic E-state index is 0.0327. The summed E-state index contributed by atoms with van der Waals surface area (Å²) in [5.41, 5.74) is 0.626. The molecule has 2 rings (SSSR count). The van der Waals surface area contributed by atoms with Crippen LogP contribution >= 0.6 is 0 Å². The van der Waals surface area contributed by atoms with Crippen LogP contribution in [0.5, 0.6) is 0 Å². The Balaban J connectivity index is 2.20. The maximum absolute atomic E-state index is 12.0. The summed E-state index contributed by atoms with van der Waals surface area (Å²) in [6, 6.07) is 8.79. The van der Waals surface area contributed by atoms with Crippen molar-refractivity contribution >= 4 is 28.7 Å². The lowest BCUT2D eigenvalue weighted by atomic mass is 10.1. The van der Waals surface area contributed by atoms with Gasteiger partial charge in [-0.1, -0.05) is 24.3 Å². The van der Waals surface area contributed by atoms with Crippen molar-refractivity contribution in [2.24, 2.45) is 0 Å². The maximum Gasteiger partial charge on any atom is 0.326 e. The summed E-state index contributed by atoms with van der Waals surface area (Å²) < 4.78 is 0. The summed E-state index contributed by atoms with van der Waals surface area (Å²) in [7, 11) is 0. The molecule has 0 saturated heterocycles. The summed E-state index contributed by atoms with van der Waals surface area (Å²) >= 11 is 0. The fourth-order valence-electron chi connectivity index (χ4n) is 1.80. The number of para-hydroxylation sites is 1. The van der Waals surface area contributed by atoms with Crippen molar-refractivity contribution in [1.82, 2.24) is 10.3 Å². The van der Waals surface area contributed by atoms with Gasteiger partial charge in [0.25, 0.3) is 5.91 Å². The Morgan fingerprint density at radius 3 is 2.48 bits per heavy atom. The SMILES string of the molecule is O=C(O)C[C@@H](NC(=O)c1ccc2ccccc2n1)C(=O)O. The highest BCUT2D eigenvalue weighted by Crippen LogP contribution is 2.11. The van der Waals surface area contributed by atoms with Crippen LogP contribution in [0.15, 0.2) is 36.4 Å². The van der Waals surface area contributed by atoms with Gasteiger partial charge in [-0.3, -0.25) is 9.59 Å². The van der Waals surface area contributed by atoms with Crippen LogP contribution in [0, 0.1) is 0 Å². The molecule has 1 aromatic heterocycles. The van der Waals surface area contributed by atoms with Gasteiger partial charge in [-0.2, -0.15) is 0 Å². The van der Waals surface area contributed by atoms with Gasteiger partial charge in [-0.15, -0.1) is 0 Å². The number of nitrogens with one attached hydrogen (secondary N) is 1. The molecule has 0 aliphatic carbocycles. The zero-order valence-electron chi connectivity index (χ0n) is 10.8. The zero-order valence-corrected chi connectivity index (χ0v) is 10.8. The number of hydrogen-bond donors (Lipinski definition) is 3. The number of aromatic nitrogens is 1. The Bertz CT molecular complexity index is 713. The van der Waals surface area contributed by atoms with Crippen LogP contribution in [0.25, 0.3) is 10.9 Å².